The average Bonchev–Trinajstić information content (AvgIpc) is 2.43. The van der Waals surface area contributed by atoms with Crippen molar-refractivity contribution in [1.82, 2.24) is 0 Å². The van der Waals surface area contributed by atoms with Crippen molar-refractivity contribution in [1.29, 1.82) is 0 Å². The van der Waals surface area contributed by atoms with Gasteiger partial charge in [-0.2, -0.15) is 8.78 Å². The standard InChI is InChI=1S/C14H11BrF3NO5/c1-14(2)23-11(20)6(12(21)24-14)5-19-8-4-3-7(16)9(15)10(8)22-13(17)18/h3-5,13,19H,1-2H3. The van der Waals surface area contributed by atoms with Crippen LogP contribution in [0, 0.1) is 5.82 Å². The Balaban J connectivity index is 2.30. The Morgan fingerprint density at radius 1 is 1.25 bits per heavy atom. The summed E-state index contributed by atoms with van der Waals surface area (Å²) < 4.78 is 52.0. The van der Waals surface area contributed by atoms with E-state index in [0.29, 0.717) is 0 Å². The van der Waals surface area contributed by atoms with Crippen LogP contribution in [0.4, 0.5) is 18.9 Å². The molecular formula is C14H11BrF3NO5. The highest BCUT2D eigenvalue weighted by Crippen LogP contribution is 2.37. The van der Waals surface area contributed by atoms with Gasteiger partial charge < -0.3 is 19.5 Å². The molecule has 0 radical (unpaired) electrons. The van der Waals surface area contributed by atoms with E-state index in [0.717, 1.165) is 18.3 Å². The average molecular weight is 410 g/mol. The smallest absolute Gasteiger partial charge is 0.387 e. The Hall–Kier alpha value is -2.23. The Labute approximate surface area is 142 Å². The third kappa shape index (κ3) is 3.99. The van der Waals surface area contributed by atoms with Crippen LogP contribution in [0.2, 0.25) is 0 Å². The number of ether oxygens (including phenoxy) is 3. The van der Waals surface area contributed by atoms with E-state index in [1.54, 1.807) is 0 Å². The van der Waals surface area contributed by atoms with Gasteiger partial charge in [0, 0.05) is 20.0 Å². The molecule has 1 heterocycles. The van der Waals surface area contributed by atoms with Gasteiger partial charge in [0.05, 0.1) is 10.2 Å². The maximum atomic E-state index is 13.5. The first kappa shape index (κ1) is 18.1. The molecule has 0 aromatic heterocycles. The lowest BCUT2D eigenvalue weighted by Gasteiger charge is -2.29. The summed E-state index contributed by atoms with van der Waals surface area (Å²) in [6.45, 7) is -0.459. The molecule has 1 aromatic rings. The van der Waals surface area contributed by atoms with Crippen molar-refractivity contribution < 1.29 is 37.0 Å². The Morgan fingerprint density at radius 3 is 2.38 bits per heavy atom. The van der Waals surface area contributed by atoms with Gasteiger partial charge in [-0.25, -0.2) is 14.0 Å². The van der Waals surface area contributed by atoms with Gasteiger partial charge in [0.2, 0.25) is 0 Å². The van der Waals surface area contributed by atoms with E-state index in [2.05, 4.69) is 26.0 Å². The zero-order valence-electron chi connectivity index (χ0n) is 12.4. The molecule has 2 rings (SSSR count). The number of nitrogens with one attached hydrogen (secondary N) is 1. The second kappa shape index (κ2) is 6.71. The second-order valence-corrected chi connectivity index (χ2v) is 5.79. The van der Waals surface area contributed by atoms with Gasteiger partial charge in [0.15, 0.2) is 11.3 Å². The largest absolute Gasteiger partial charge is 0.431 e. The Morgan fingerprint density at radius 2 is 1.83 bits per heavy atom. The van der Waals surface area contributed by atoms with Crippen LogP contribution in [-0.2, 0) is 19.1 Å². The number of esters is 2. The van der Waals surface area contributed by atoms with Crippen molar-refractivity contribution in [2.75, 3.05) is 5.32 Å². The molecule has 0 unspecified atom stereocenters. The zero-order valence-corrected chi connectivity index (χ0v) is 13.9. The van der Waals surface area contributed by atoms with Crippen molar-refractivity contribution in [3.8, 4) is 5.75 Å². The molecule has 0 atom stereocenters. The number of alkyl halides is 2. The topological polar surface area (TPSA) is 73.9 Å². The molecule has 0 saturated carbocycles. The lowest BCUT2D eigenvalue weighted by molar-refractivity contribution is -0.222. The molecule has 10 heteroatoms. The summed E-state index contributed by atoms with van der Waals surface area (Å²) in [5, 5.41) is 2.43. The minimum atomic E-state index is -3.21. The molecule has 24 heavy (non-hydrogen) atoms. The van der Waals surface area contributed by atoms with E-state index in [1.807, 2.05) is 0 Å². The quantitative estimate of drug-likeness (QED) is 0.467. The van der Waals surface area contributed by atoms with Crippen LogP contribution >= 0.6 is 15.9 Å². The fourth-order valence-electron chi connectivity index (χ4n) is 1.78. The molecule has 1 aromatic carbocycles. The lowest BCUT2D eigenvalue weighted by Crippen LogP contribution is -2.42. The highest BCUT2D eigenvalue weighted by atomic mass is 79.9. The summed E-state index contributed by atoms with van der Waals surface area (Å²) in [5.74, 6) is -4.68. The summed E-state index contributed by atoms with van der Waals surface area (Å²) >= 11 is 2.79. The zero-order chi connectivity index (χ0) is 18.1. The van der Waals surface area contributed by atoms with Gasteiger partial charge in [-0.1, -0.05) is 0 Å². The molecule has 0 spiro atoms. The number of halogens is 4. The molecule has 1 saturated heterocycles. The lowest BCUT2D eigenvalue weighted by atomic mass is 10.2. The van der Waals surface area contributed by atoms with Crippen LogP contribution in [-0.4, -0.2) is 24.3 Å². The summed E-state index contributed by atoms with van der Waals surface area (Å²) in [7, 11) is 0. The molecule has 1 aliphatic rings. The molecule has 6 nitrogen and oxygen atoms in total. The molecule has 0 bridgehead atoms. The number of benzene rings is 1. The van der Waals surface area contributed by atoms with Crippen LogP contribution < -0.4 is 10.1 Å². The fourth-order valence-corrected chi connectivity index (χ4v) is 2.22. The van der Waals surface area contributed by atoms with E-state index >= 15 is 0 Å². The minimum absolute atomic E-state index is 0.110. The second-order valence-electron chi connectivity index (χ2n) is 5.00. The predicted molar refractivity (Wildman–Crippen MR) is 78.7 cm³/mol. The maximum Gasteiger partial charge on any atom is 0.387 e. The number of anilines is 1. The predicted octanol–water partition coefficient (Wildman–Crippen LogP) is 3.32. The van der Waals surface area contributed by atoms with Crippen molar-refractivity contribution in [2.24, 2.45) is 0 Å². The number of cyclic esters (lactones) is 2. The number of rotatable bonds is 4. The first-order valence-electron chi connectivity index (χ1n) is 6.47. The van der Waals surface area contributed by atoms with Crippen LogP contribution in [0.5, 0.6) is 5.75 Å². The molecular weight excluding hydrogens is 399 g/mol. The van der Waals surface area contributed by atoms with E-state index in [-0.39, 0.29) is 10.2 Å². The third-order valence-electron chi connectivity index (χ3n) is 2.75. The van der Waals surface area contributed by atoms with Crippen molar-refractivity contribution >= 4 is 33.6 Å². The monoisotopic (exact) mass is 409 g/mol. The van der Waals surface area contributed by atoms with Gasteiger partial charge >= 0.3 is 18.6 Å². The van der Waals surface area contributed by atoms with Crippen LogP contribution in [0.1, 0.15) is 13.8 Å². The summed E-state index contributed by atoms with van der Waals surface area (Å²) in [5.41, 5.74) is -0.598. The van der Waals surface area contributed by atoms with Crippen LogP contribution in [0.3, 0.4) is 0 Å². The third-order valence-corrected chi connectivity index (χ3v) is 3.48. The van der Waals surface area contributed by atoms with Crippen LogP contribution in [0.15, 0.2) is 28.4 Å². The first-order chi connectivity index (χ1) is 11.1. The van der Waals surface area contributed by atoms with E-state index < -0.39 is 41.5 Å². The molecule has 1 aliphatic heterocycles. The van der Waals surface area contributed by atoms with E-state index in [4.69, 9.17) is 9.47 Å². The molecule has 1 fully saturated rings. The fraction of sp³-hybridized carbons (Fsp3) is 0.286. The van der Waals surface area contributed by atoms with Crippen molar-refractivity contribution in [3.63, 3.8) is 0 Å². The maximum absolute atomic E-state index is 13.5. The Bertz CT molecular complexity index is 699. The van der Waals surface area contributed by atoms with Gasteiger partial charge in [-0.15, -0.1) is 0 Å². The number of hydrogen-bond acceptors (Lipinski definition) is 6. The number of carbonyl (C=O) groups excluding carboxylic acids is 2. The summed E-state index contributed by atoms with van der Waals surface area (Å²) in [4.78, 5) is 23.5. The summed E-state index contributed by atoms with van der Waals surface area (Å²) in [6, 6.07) is 2.07. The molecule has 0 amide bonds. The molecule has 1 N–H and O–H groups in total. The Kier molecular flexibility index (Phi) is 5.07. The minimum Gasteiger partial charge on any atom is -0.431 e. The highest BCUT2D eigenvalue weighted by Gasteiger charge is 2.39. The van der Waals surface area contributed by atoms with E-state index in [9.17, 15) is 22.8 Å². The van der Waals surface area contributed by atoms with Gasteiger partial charge in [0.1, 0.15) is 5.82 Å². The normalized spacial score (nSPS) is 16.5. The van der Waals surface area contributed by atoms with Crippen molar-refractivity contribution in [3.05, 3.63) is 34.2 Å². The van der Waals surface area contributed by atoms with Crippen molar-refractivity contribution in [2.45, 2.75) is 26.2 Å². The number of carbonyl (C=O) groups is 2. The van der Waals surface area contributed by atoms with Gasteiger partial charge in [-0.3, -0.25) is 0 Å². The molecule has 0 aliphatic carbocycles. The number of hydrogen-bond donors (Lipinski definition) is 1. The first-order valence-corrected chi connectivity index (χ1v) is 7.26. The van der Waals surface area contributed by atoms with Crippen LogP contribution in [0.25, 0.3) is 0 Å². The van der Waals surface area contributed by atoms with Gasteiger partial charge in [-0.05, 0) is 28.1 Å². The van der Waals surface area contributed by atoms with E-state index in [1.165, 1.54) is 13.8 Å². The molecule has 130 valence electrons. The highest BCUT2D eigenvalue weighted by molar-refractivity contribution is 9.10. The summed E-state index contributed by atoms with van der Waals surface area (Å²) in [6.07, 6.45) is 0.901. The van der Waals surface area contributed by atoms with Gasteiger partial charge in [0.25, 0.3) is 5.79 Å². The SMILES string of the molecule is CC1(C)OC(=O)C(=CNc2ccc(F)c(Br)c2OC(F)F)C(=O)O1.